The van der Waals surface area contributed by atoms with Crippen molar-refractivity contribution in [3.8, 4) is 0 Å². The lowest BCUT2D eigenvalue weighted by atomic mass is 10.1. The van der Waals surface area contributed by atoms with Gasteiger partial charge in [-0.3, -0.25) is 0 Å². The molecule has 4 heteroatoms. The topological polar surface area (TPSA) is 45.7 Å². The van der Waals surface area contributed by atoms with Gasteiger partial charge < -0.3 is 15.4 Å². The summed E-state index contributed by atoms with van der Waals surface area (Å²) in [5.74, 6) is 0.923. The van der Waals surface area contributed by atoms with Gasteiger partial charge in [-0.2, -0.15) is 0 Å². The molecule has 0 heterocycles. The summed E-state index contributed by atoms with van der Waals surface area (Å²) < 4.78 is 5.60. The summed E-state index contributed by atoms with van der Waals surface area (Å²) in [5, 5.41) is 6.71. The first-order valence-corrected chi connectivity index (χ1v) is 7.91. The summed E-state index contributed by atoms with van der Waals surface area (Å²) in [6, 6.07) is 9.12. The second-order valence-electron chi connectivity index (χ2n) is 5.79. The first-order valence-electron chi connectivity index (χ1n) is 7.91. The van der Waals surface area contributed by atoms with Crippen LogP contribution in [0, 0.1) is 0 Å². The van der Waals surface area contributed by atoms with E-state index in [1.807, 2.05) is 0 Å². The van der Waals surface area contributed by atoms with Crippen molar-refractivity contribution in [2.75, 3.05) is 6.54 Å². The van der Waals surface area contributed by atoms with Gasteiger partial charge in [0.1, 0.15) is 0 Å². The molecule has 0 atom stereocenters. The van der Waals surface area contributed by atoms with Crippen LogP contribution in [-0.4, -0.2) is 24.7 Å². The molecule has 1 aliphatic carbocycles. The molecule has 0 unspecified atom stereocenters. The van der Waals surface area contributed by atoms with Crippen molar-refractivity contribution >= 4 is 5.96 Å². The van der Waals surface area contributed by atoms with E-state index in [-0.39, 0.29) is 6.10 Å². The highest BCUT2D eigenvalue weighted by Crippen LogP contribution is 2.18. The SMILES string of the molecule is CCNC(=NCc1ccc(COC(C)C)cc1)NC1CC1. The zero-order valence-electron chi connectivity index (χ0n) is 13.4. The molecule has 1 aromatic rings. The maximum Gasteiger partial charge on any atom is 0.191 e. The average molecular weight is 289 g/mol. The number of hydrogen-bond acceptors (Lipinski definition) is 2. The third-order valence-electron chi connectivity index (χ3n) is 3.29. The number of rotatable bonds is 7. The molecule has 0 bridgehead atoms. The van der Waals surface area contributed by atoms with Crippen molar-refractivity contribution in [2.24, 2.45) is 4.99 Å². The minimum absolute atomic E-state index is 0.269. The monoisotopic (exact) mass is 289 g/mol. The van der Waals surface area contributed by atoms with E-state index in [0.29, 0.717) is 19.2 Å². The summed E-state index contributed by atoms with van der Waals surface area (Å²) in [4.78, 5) is 4.63. The number of nitrogens with one attached hydrogen (secondary N) is 2. The Morgan fingerprint density at radius 2 is 1.90 bits per heavy atom. The largest absolute Gasteiger partial charge is 0.374 e. The number of benzene rings is 1. The van der Waals surface area contributed by atoms with E-state index in [1.165, 1.54) is 24.0 Å². The summed E-state index contributed by atoms with van der Waals surface area (Å²) >= 11 is 0. The van der Waals surface area contributed by atoms with Crippen molar-refractivity contribution in [2.45, 2.75) is 58.9 Å². The molecule has 2 N–H and O–H groups in total. The molecule has 2 rings (SSSR count). The van der Waals surface area contributed by atoms with Crippen molar-refractivity contribution in [1.29, 1.82) is 0 Å². The molecule has 0 spiro atoms. The molecule has 0 amide bonds. The molecule has 0 aliphatic heterocycles. The van der Waals surface area contributed by atoms with Crippen LogP contribution in [0.4, 0.5) is 0 Å². The normalized spacial score (nSPS) is 15.3. The van der Waals surface area contributed by atoms with Gasteiger partial charge in [-0.05, 0) is 44.7 Å². The summed E-state index contributed by atoms with van der Waals surface area (Å²) in [6.07, 6.45) is 2.79. The molecular weight excluding hydrogens is 262 g/mol. The zero-order chi connectivity index (χ0) is 15.1. The standard InChI is InChI=1S/C17H27N3O/c1-4-18-17(20-16-9-10-16)19-11-14-5-7-15(8-6-14)12-21-13(2)3/h5-8,13,16H,4,9-12H2,1-3H3,(H2,18,19,20). The third kappa shape index (κ3) is 6.17. The predicted molar refractivity (Wildman–Crippen MR) is 87.3 cm³/mol. The maximum absolute atomic E-state index is 5.60. The minimum atomic E-state index is 0.269. The minimum Gasteiger partial charge on any atom is -0.374 e. The van der Waals surface area contributed by atoms with E-state index >= 15 is 0 Å². The van der Waals surface area contributed by atoms with Gasteiger partial charge in [0.2, 0.25) is 0 Å². The van der Waals surface area contributed by atoms with Crippen LogP contribution in [0.25, 0.3) is 0 Å². The second-order valence-corrected chi connectivity index (χ2v) is 5.79. The molecule has 0 radical (unpaired) electrons. The van der Waals surface area contributed by atoms with Crippen molar-refractivity contribution in [3.63, 3.8) is 0 Å². The smallest absolute Gasteiger partial charge is 0.191 e. The van der Waals surface area contributed by atoms with Crippen LogP contribution >= 0.6 is 0 Å². The van der Waals surface area contributed by atoms with Crippen LogP contribution in [0.2, 0.25) is 0 Å². The Labute approximate surface area is 128 Å². The van der Waals surface area contributed by atoms with Crippen molar-refractivity contribution in [3.05, 3.63) is 35.4 Å². The van der Waals surface area contributed by atoms with Crippen LogP contribution in [-0.2, 0) is 17.9 Å². The number of nitrogens with zero attached hydrogens (tertiary/aromatic N) is 1. The Balaban J connectivity index is 1.85. The summed E-state index contributed by atoms with van der Waals surface area (Å²) in [7, 11) is 0. The quantitative estimate of drug-likeness (QED) is 0.599. The van der Waals surface area contributed by atoms with Gasteiger partial charge in [0, 0.05) is 12.6 Å². The van der Waals surface area contributed by atoms with Gasteiger partial charge in [0.15, 0.2) is 5.96 Å². The number of guanidine groups is 1. The fourth-order valence-electron chi connectivity index (χ4n) is 1.92. The van der Waals surface area contributed by atoms with Crippen LogP contribution in [0.15, 0.2) is 29.3 Å². The number of hydrogen-bond donors (Lipinski definition) is 2. The van der Waals surface area contributed by atoms with E-state index in [2.05, 4.69) is 60.7 Å². The van der Waals surface area contributed by atoms with Gasteiger partial charge >= 0.3 is 0 Å². The Kier molecular flexibility index (Phi) is 6.05. The van der Waals surface area contributed by atoms with Gasteiger partial charge in [-0.15, -0.1) is 0 Å². The van der Waals surface area contributed by atoms with Gasteiger partial charge in [-0.25, -0.2) is 4.99 Å². The van der Waals surface area contributed by atoms with E-state index < -0.39 is 0 Å². The third-order valence-corrected chi connectivity index (χ3v) is 3.29. The fourth-order valence-corrected chi connectivity index (χ4v) is 1.92. The van der Waals surface area contributed by atoms with Crippen LogP contribution < -0.4 is 10.6 Å². The zero-order valence-corrected chi connectivity index (χ0v) is 13.4. The fraction of sp³-hybridized carbons (Fsp3) is 0.588. The van der Waals surface area contributed by atoms with E-state index in [4.69, 9.17) is 4.74 Å². The average Bonchev–Trinajstić information content (AvgIpc) is 3.28. The van der Waals surface area contributed by atoms with Crippen molar-refractivity contribution < 1.29 is 4.74 Å². The van der Waals surface area contributed by atoms with Gasteiger partial charge in [0.25, 0.3) is 0 Å². The Morgan fingerprint density at radius 1 is 1.24 bits per heavy atom. The lowest BCUT2D eigenvalue weighted by molar-refractivity contribution is 0.0657. The lowest BCUT2D eigenvalue weighted by Crippen LogP contribution is -2.38. The van der Waals surface area contributed by atoms with Crippen LogP contribution in [0.1, 0.15) is 44.7 Å². The van der Waals surface area contributed by atoms with E-state index in [9.17, 15) is 0 Å². The van der Waals surface area contributed by atoms with Gasteiger partial charge in [0.05, 0.1) is 19.3 Å². The molecule has 0 saturated heterocycles. The summed E-state index contributed by atoms with van der Waals surface area (Å²) in [5.41, 5.74) is 2.43. The van der Waals surface area contributed by atoms with Crippen LogP contribution in [0.5, 0.6) is 0 Å². The molecule has 116 valence electrons. The first-order chi connectivity index (χ1) is 10.2. The number of ether oxygens (including phenoxy) is 1. The predicted octanol–water partition coefficient (Wildman–Crippen LogP) is 2.83. The molecular formula is C17H27N3O. The molecule has 1 aromatic carbocycles. The summed E-state index contributed by atoms with van der Waals surface area (Å²) in [6.45, 7) is 8.47. The maximum atomic E-state index is 5.60. The number of aliphatic imine (C=N–C) groups is 1. The molecule has 1 aliphatic rings. The lowest BCUT2D eigenvalue weighted by Gasteiger charge is -2.10. The molecule has 1 fully saturated rings. The van der Waals surface area contributed by atoms with Crippen molar-refractivity contribution in [1.82, 2.24) is 10.6 Å². The molecule has 0 aromatic heterocycles. The van der Waals surface area contributed by atoms with E-state index in [0.717, 1.165) is 12.5 Å². The highest BCUT2D eigenvalue weighted by Gasteiger charge is 2.21. The highest BCUT2D eigenvalue weighted by atomic mass is 16.5. The van der Waals surface area contributed by atoms with Crippen LogP contribution in [0.3, 0.4) is 0 Å². The second kappa shape index (κ2) is 8.03. The molecule has 4 nitrogen and oxygen atoms in total. The Morgan fingerprint density at radius 3 is 2.48 bits per heavy atom. The van der Waals surface area contributed by atoms with Gasteiger partial charge in [-0.1, -0.05) is 24.3 Å². The van der Waals surface area contributed by atoms with E-state index in [1.54, 1.807) is 0 Å². The molecule has 21 heavy (non-hydrogen) atoms. The Bertz CT molecular complexity index is 450. The highest BCUT2D eigenvalue weighted by molar-refractivity contribution is 5.80. The Hall–Kier alpha value is -1.55. The molecule has 1 saturated carbocycles. The first kappa shape index (κ1) is 15.8.